The Morgan fingerprint density at radius 3 is 2.71 bits per heavy atom. The first-order valence-electron chi connectivity index (χ1n) is 10.2. The van der Waals surface area contributed by atoms with Gasteiger partial charge in [-0.3, -0.25) is 4.79 Å². The molecule has 7 nitrogen and oxygen atoms in total. The van der Waals surface area contributed by atoms with E-state index in [1.54, 1.807) is 18.2 Å². The number of nitrogens with one attached hydrogen (secondary N) is 1. The molecule has 2 aliphatic rings. The summed E-state index contributed by atoms with van der Waals surface area (Å²) in [5, 5.41) is 2.94. The molecule has 1 atom stereocenters. The van der Waals surface area contributed by atoms with Crippen LogP contribution in [0.2, 0.25) is 0 Å². The van der Waals surface area contributed by atoms with Crippen LogP contribution in [0, 0.1) is 0 Å². The van der Waals surface area contributed by atoms with E-state index in [9.17, 15) is 9.59 Å². The van der Waals surface area contributed by atoms with Crippen molar-refractivity contribution in [1.82, 2.24) is 9.80 Å². The molecule has 0 bridgehead atoms. The summed E-state index contributed by atoms with van der Waals surface area (Å²) in [6.45, 7) is 8.87. The minimum Gasteiger partial charge on any atom is -0.492 e. The van der Waals surface area contributed by atoms with Crippen molar-refractivity contribution in [2.75, 3.05) is 51.3 Å². The number of rotatable bonds is 6. The van der Waals surface area contributed by atoms with Crippen LogP contribution < -0.4 is 10.1 Å². The number of anilines is 1. The van der Waals surface area contributed by atoms with Crippen molar-refractivity contribution in [3.63, 3.8) is 0 Å². The first-order valence-corrected chi connectivity index (χ1v) is 10.2. The van der Waals surface area contributed by atoms with Gasteiger partial charge in [0.2, 0.25) is 0 Å². The second-order valence-corrected chi connectivity index (χ2v) is 7.43. The first kappa shape index (κ1) is 20.6. The van der Waals surface area contributed by atoms with E-state index in [0.717, 1.165) is 26.1 Å². The monoisotopic (exact) mass is 389 g/mol. The van der Waals surface area contributed by atoms with E-state index in [2.05, 4.69) is 10.2 Å². The van der Waals surface area contributed by atoms with Crippen molar-refractivity contribution in [2.45, 2.75) is 39.2 Å². The van der Waals surface area contributed by atoms with E-state index in [0.29, 0.717) is 43.3 Å². The van der Waals surface area contributed by atoms with Gasteiger partial charge in [0.1, 0.15) is 5.75 Å². The van der Waals surface area contributed by atoms with Gasteiger partial charge >= 0.3 is 6.03 Å². The summed E-state index contributed by atoms with van der Waals surface area (Å²) >= 11 is 0. The number of likely N-dealkylation sites (tertiary alicyclic amines) is 1. The molecule has 0 saturated carbocycles. The summed E-state index contributed by atoms with van der Waals surface area (Å²) in [5.74, 6) is 0.521. The molecule has 7 heteroatoms. The fourth-order valence-electron chi connectivity index (χ4n) is 3.77. The normalized spacial score (nSPS) is 20.6. The van der Waals surface area contributed by atoms with Gasteiger partial charge in [-0.25, -0.2) is 4.79 Å². The van der Waals surface area contributed by atoms with Crippen molar-refractivity contribution in [1.29, 1.82) is 0 Å². The lowest BCUT2D eigenvalue weighted by atomic mass is 10.1. The second kappa shape index (κ2) is 9.89. The van der Waals surface area contributed by atoms with Gasteiger partial charge in [-0.15, -0.1) is 0 Å². The Kier molecular flexibility index (Phi) is 7.28. The number of Topliss-reactive ketones (excluding diaryl/α,β-unsaturated/α-hetero) is 1. The average Bonchev–Trinajstić information content (AvgIpc) is 3.06. The van der Waals surface area contributed by atoms with E-state index in [-0.39, 0.29) is 17.9 Å². The van der Waals surface area contributed by atoms with Crippen LogP contribution >= 0.6 is 0 Å². The van der Waals surface area contributed by atoms with Crippen molar-refractivity contribution >= 4 is 17.5 Å². The highest BCUT2D eigenvalue weighted by molar-refractivity contribution is 5.98. The van der Waals surface area contributed by atoms with Crippen LogP contribution in [0.3, 0.4) is 0 Å². The highest BCUT2D eigenvalue weighted by Crippen LogP contribution is 2.27. The molecular formula is C21H31N3O4. The Morgan fingerprint density at radius 1 is 1.21 bits per heavy atom. The molecule has 0 spiro atoms. The summed E-state index contributed by atoms with van der Waals surface area (Å²) in [4.78, 5) is 28.9. The fourth-order valence-corrected chi connectivity index (χ4v) is 3.77. The lowest BCUT2D eigenvalue weighted by Gasteiger charge is -2.27. The fraction of sp³-hybridized carbons (Fsp3) is 0.619. The van der Waals surface area contributed by atoms with Gasteiger partial charge in [0, 0.05) is 31.8 Å². The predicted octanol–water partition coefficient (Wildman–Crippen LogP) is 3.01. The Bertz CT molecular complexity index is 688. The molecule has 2 fully saturated rings. The van der Waals surface area contributed by atoms with Crippen molar-refractivity contribution in [3.05, 3.63) is 23.8 Å². The number of nitrogens with zero attached hydrogens (tertiary/aromatic N) is 2. The molecule has 0 aromatic heterocycles. The molecule has 0 unspecified atom stereocenters. The number of carbonyl (C=O) groups is 2. The number of benzene rings is 1. The first-order chi connectivity index (χ1) is 13.6. The lowest BCUT2D eigenvalue weighted by molar-refractivity contribution is 0.0355. The quantitative estimate of drug-likeness (QED) is 0.758. The number of hydrogen-bond acceptors (Lipinski definition) is 5. The van der Waals surface area contributed by atoms with Gasteiger partial charge in [0.25, 0.3) is 0 Å². The Labute approximate surface area is 167 Å². The standard InChI is InChI=1S/C21H31N3O4/c1-3-27-20-8-7-17(16(2)25)13-19(20)22-21(26)24-11-6-12-28-18(15-24)14-23-9-4-5-10-23/h7-8,13,18H,3-6,9-12,14-15H2,1-2H3,(H,22,26)/t18-/m1/s1. The molecule has 2 saturated heterocycles. The summed E-state index contributed by atoms with van der Waals surface area (Å²) < 4.78 is 11.6. The summed E-state index contributed by atoms with van der Waals surface area (Å²) in [6.07, 6.45) is 3.32. The van der Waals surface area contributed by atoms with E-state index in [4.69, 9.17) is 9.47 Å². The predicted molar refractivity (Wildman–Crippen MR) is 108 cm³/mol. The van der Waals surface area contributed by atoms with Gasteiger partial charge in [-0.2, -0.15) is 0 Å². The number of carbonyl (C=O) groups excluding carboxylic acids is 2. The van der Waals surface area contributed by atoms with Crippen LogP contribution in [0.15, 0.2) is 18.2 Å². The third kappa shape index (κ3) is 5.45. The highest BCUT2D eigenvalue weighted by atomic mass is 16.5. The largest absolute Gasteiger partial charge is 0.492 e. The number of amides is 2. The number of ether oxygens (including phenoxy) is 2. The maximum Gasteiger partial charge on any atom is 0.322 e. The number of urea groups is 1. The van der Waals surface area contributed by atoms with Crippen LogP contribution in [-0.4, -0.2) is 73.7 Å². The second-order valence-electron chi connectivity index (χ2n) is 7.43. The molecule has 1 aromatic rings. The van der Waals surface area contributed by atoms with Gasteiger partial charge < -0.3 is 24.6 Å². The highest BCUT2D eigenvalue weighted by Gasteiger charge is 2.26. The minimum atomic E-state index is -0.182. The minimum absolute atomic E-state index is 0.0290. The third-order valence-electron chi connectivity index (χ3n) is 5.23. The SMILES string of the molecule is CCOc1ccc(C(C)=O)cc1NC(=O)N1CCCO[C@H](CN2CCCC2)C1. The number of ketones is 1. The zero-order valence-electron chi connectivity index (χ0n) is 16.9. The average molecular weight is 389 g/mol. The van der Waals surface area contributed by atoms with Gasteiger partial charge in [-0.05, 0) is 64.4 Å². The number of hydrogen-bond donors (Lipinski definition) is 1. The molecular weight excluding hydrogens is 358 g/mol. The van der Waals surface area contributed by atoms with Crippen LogP contribution in [0.4, 0.5) is 10.5 Å². The van der Waals surface area contributed by atoms with Crippen LogP contribution in [-0.2, 0) is 4.74 Å². The van der Waals surface area contributed by atoms with Gasteiger partial charge in [-0.1, -0.05) is 0 Å². The lowest BCUT2D eigenvalue weighted by Crippen LogP contribution is -2.43. The van der Waals surface area contributed by atoms with E-state index >= 15 is 0 Å². The van der Waals surface area contributed by atoms with Crippen LogP contribution in [0.5, 0.6) is 5.75 Å². The van der Waals surface area contributed by atoms with Crippen molar-refractivity contribution in [2.24, 2.45) is 0 Å². The molecule has 28 heavy (non-hydrogen) atoms. The molecule has 0 radical (unpaired) electrons. The van der Waals surface area contributed by atoms with Crippen LogP contribution in [0.1, 0.15) is 43.5 Å². The summed E-state index contributed by atoms with van der Waals surface area (Å²) in [7, 11) is 0. The van der Waals surface area contributed by atoms with Gasteiger partial charge in [0.15, 0.2) is 5.78 Å². The molecule has 1 N–H and O–H groups in total. The molecule has 3 rings (SSSR count). The molecule has 2 heterocycles. The molecule has 2 aliphatic heterocycles. The maximum absolute atomic E-state index is 12.9. The molecule has 0 aliphatic carbocycles. The summed E-state index contributed by atoms with van der Waals surface area (Å²) in [5.41, 5.74) is 1.07. The Hall–Kier alpha value is -2.12. The van der Waals surface area contributed by atoms with E-state index in [1.165, 1.54) is 19.8 Å². The Morgan fingerprint density at radius 2 is 2.00 bits per heavy atom. The Balaban J connectivity index is 1.68. The third-order valence-corrected chi connectivity index (χ3v) is 5.23. The molecule has 1 aromatic carbocycles. The van der Waals surface area contributed by atoms with Crippen molar-refractivity contribution in [3.8, 4) is 5.75 Å². The molecule has 154 valence electrons. The van der Waals surface area contributed by atoms with Crippen LogP contribution in [0.25, 0.3) is 0 Å². The van der Waals surface area contributed by atoms with E-state index in [1.807, 2.05) is 11.8 Å². The maximum atomic E-state index is 12.9. The van der Waals surface area contributed by atoms with Gasteiger partial charge in [0.05, 0.1) is 18.4 Å². The smallest absolute Gasteiger partial charge is 0.322 e. The topological polar surface area (TPSA) is 71.1 Å². The van der Waals surface area contributed by atoms with E-state index < -0.39 is 0 Å². The summed E-state index contributed by atoms with van der Waals surface area (Å²) in [6, 6.07) is 4.95. The zero-order valence-corrected chi connectivity index (χ0v) is 16.9. The zero-order chi connectivity index (χ0) is 19.9. The molecule has 2 amide bonds. The van der Waals surface area contributed by atoms with Crippen molar-refractivity contribution < 1.29 is 19.1 Å².